The van der Waals surface area contributed by atoms with E-state index in [0.717, 1.165) is 27.7 Å². The standard InChI is InChI=1S/C15H15BrFNO3/c1-7-5-9(17)12(16)11-8-3-4-21-15(2,6-10(19)20)14(8)18-13(7)11/h5,18H,3-4,6H2,1-2H3,(H,19,20). The lowest BCUT2D eigenvalue weighted by molar-refractivity contribution is -0.146. The molecule has 3 rings (SSSR count). The molecule has 21 heavy (non-hydrogen) atoms. The average molecular weight is 356 g/mol. The van der Waals surface area contributed by atoms with Crippen LogP contribution in [0.2, 0.25) is 0 Å². The first-order valence-electron chi connectivity index (χ1n) is 6.69. The molecule has 0 spiro atoms. The van der Waals surface area contributed by atoms with Crippen LogP contribution < -0.4 is 0 Å². The quantitative estimate of drug-likeness (QED) is 0.864. The summed E-state index contributed by atoms with van der Waals surface area (Å²) in [6, 6.07) is 1.46. The first-order chi connectivity index (χ1) is 9.83. The van der Waals surface area contributed by atoms with E-state index in [1.54, 1.807) is 6.92 Å². The van der Waals surface area contributed by atoms with E-state index in [1.165, 1.54) is 6.07 Å². The van der Waals surface area contributed by atoms with E-state index in [4.69, 9.17) is 9.84 Å². The Kier molecular flexibility index (Phi) is 3.33. The summed E-state index contributed by atoms with van der Waals surface area (Å²) in [5, 5.41) is 9.92. The van der Waals surface area contributed by atoms with Crippen molar-refractivity contribution >= 4 is 32.8 Å². The molecule has 0 amide bonds. The number of fused-ring (bicyclic) bond motifs is 3. The molecule has 0 radical (unpaired) electrons. The smallest absolute Gasteiger partial charge is 0.306 e. The van der Waals surface area contributed by atoms with Crippen molar-refractivity contribution in [1.82, 2.24) is 4.98 Å². The molecule has 0 saturated heterocycles. The van der Waals surface area contributed by atoms with Crippen molar-refractivity contribution in [2.24, 2.45) is 0 Å². The molecule has 1 aromatic heterocycles. The van der Waals surface area contributed by atoms with Gasteiger partial charge in [-0.25, -0.2) is 4.39 Å². The van der Waals surface area contributed by atoms with Crippen LogP contribution in [-0.2, 0) is 21.6 Å². The number of aromatic amines is 1. The number of carbonyl (C=O) groups is 1. The topological polar surface area (TPSA) is 62.3 Å². The van der Waals surface area contributed by atoms with E-state index >= 15 is 0 Å². The summed E-state index contributed by atoms with van der Waals surface area (Å²) < 4.78 is 20.1. The molecule has 1 aliphatic rings. The second kappa shape index (κ2) is 4.81. The highest BCUT2D eigenvalue weighted by Crippen LogP contribution is 2.42. The number of H-pyrrole nitrogens is 1. The SMILES string of the molecule is Cc1cc(F)c(Br)c2c3c([nH]c12)C(C)(CC(=O)O)OCC3. The van der Waals surface area contributed by atoms with Gasteiger partial charge in [0.2, 0.25) is 0 Å². The minimum absolute atomic E-state index is 0.133. The van der Waals surface area contributed by atoms with Gasteiger partial charge in [0.15, 0.2) is 0 Å². The van der Waals surface area contributed by atoms with Gasteiger partial charge in [0.25, 0.3) is 0 Å². The molecule has 0 bridgehead atoms. The molecule has 0 saturated carbocycles. The Labute approximate surface area is 129 Å². The number of aliphatic carboxylic acids is 1. The van der Waals surface area contributed by atoms with Crippen molar-refractivity contribution in [3.63, 3.8) is 0 Å². The minimum Gasteiger partial charge on any atom is -0.481 e. The normalized spacial score (nSPS) is 21.5. The zero-order chi connectivity index (χ0) is 15.4. The maximum atomic E-state index is 14.0. The summed E-state index contributed by atoms with van der Waals surface area (Å²) in [6.45, 7) is 4.01. The largest absolute Gasteiger partial charge is 0.481 e. The van der Waals surface area contributed by atoms with Crippen LogP contribution in [0.3, 0.4) is 0 Å². The third kappa shape index (κ3) is 2.17. The molecule has 6 heteroatoms. The summed E-state index contributed by atoms with van der Waals surface area (Å²) in [5.41, 5.74) is 2.38. The zero-order valence-corrected chi connectivity index (χ0v) is 13.3. The van der Waals surface area contributed by atoms with Crippen LogP contribution in [0, 0.1) is 12.7 Å². The van der Waals surface area contributed by atoms with Gasteiger partial charge in [-0.1, -0.05) is 0 Å². The van der Waals surface area contributed by atoms with Gasteiger partial charge >= 0.3 is 5.97 Å². The Hall–Kier alpha value is -1.40. The van der Waals surface area contributed by atoms with Crippen molar-refractivity contribution in [1.29, 1.82) is 0 Å². The molecule has 1 atom stereocenters. The van der Waals surface area contributed by atoms with Crippen molar-refractivity contribution in [2.75, 3.05) is 6.61 Å². The Morgan fingerprint density at radius 3 is 3.00 bits per heavy atom. The summed E-state index contributed by atoms with van der Waals surface area (Å²) in [5.74, 6) is -1.24. The van der Waals surface area contributed by atoms with Gasteiger partial charge in [0.05, 0.1) is 28.7 Å². The molecule has 0 fully saturated rings. The molecule has 1 aromatic carbocycles. The molecule has 112 valence electrons. The first-order valence-corrected chi connectivity index (χ1v) is 7.48. The van der Waals surface area contributed by atoms with Gasteiger partial charge in [0, 0.05) is 5.39 Å². The first kappa shape index (κ1) is 14.5. The number of carboxylic acids is 1. The number of rotatable bonds is 2. The fraction of sp³-hybridized carbons (Fsp3) is 0.400. The second-order valence-corrected chi connectivity index (χ2v) is 6.41. The predicted octanol–water partition coefficient (Wildman–Crippen LogP) is 3.64. The van der Waals surface area contributed by atoms with Crippen molar-refractivity contribution in [3.05, 3.63) is 33.2 Å². The van der Waals surface area contributed by atoms with E-state index in [-0.39, 0.29) is 12.2 Å². The molecular formula is C15H15BrFNO3. The van der Waals surface area contributed by atoms with E-state index < -0.39 is 11.6 Å². The molecular weight excluding hydrogens is 341 g/mol. The van der Waals surface area contributed by atoms with Gasteiger partial charge < -0.3 is 14.8 Å². The number of ether oxygens (including phenoxy) is 1. The van der Waals surface area contributed by atoms with Gasteiger partial charge in [-0.2, -0.15) is 0 Å². The summed E-state index contributed by atoms with van der Waals surface area (Å²) in [7, 11) is 0. The number of hydrogen-bond acceptors (Lipinski definition) is 2. The van der Waals surface area contributed by atoms with Gasteiger partial charge in [-0.15, -0.1) is 0 Å². The van der Waals surface area contributed by atoms with Crippen molar-refractivity contribution < 1.29 is 19.0 Å². The van der Waals surface area contributed by atoms with Crippen molar-refractivity contribution in [3.8, 4) is 0 Å². The van der Waals surface area contributed by atoms with Gasteiger partial charge in [-0.3, -0.25) is 4.79 Å². The molecule has 2 N–H and O–H groups in total. The van der Waals surface area contributed by atoms with Crippen LogP contribution in [0.1, 0.15) is 30.2 Å². The Morgan fingerprint density at radius 1 is 1.62 bits per heavy atom. The highest BCUT2D eigenvalue weighted by molar-refractivity contribution is 9.10. The average Bonchev–Trinajstić information content (AvgIpc) is 2.77. The second-order valence-electron chi connectivity index (χ2n) is 5.62. The lowest BCUT2D eigenvalue weighted by Crippen LogP contribution is -2.34. The van der Waals surface area contributed by atoms with Crippen LogP contribution in [-0.4, -0.2) is 22.7 Å². The monoisotopic (exact) mass is 355 g/mol. The van der Waals surface area contributed by atoms with Crippen LogP contribution in [0.25, 0.3) is 10.9 Å². The van der Waals surface area contributed by atoms with E-state index in [2.05, 4.69) is 20.9 Å². The lowest BCUT2D eigenvalue weighted by Gasteiger charge is -2.32. The molecule has 4 nitrogen and oxygen atoms in total. The summed E-state index contributed by atoms with van der Waals surface area (Å²) in [4.78, 5) is 14.4. The third-order valence-corrected chi connectivity index (χ3v) is 4.84. The van der Waals surface area contributed by atoms with E-state index in [1.807, 2.05) is 6.92 Å². The Balaban J connectivity index is 2.31. The number of nitrogens with one attached hydrogen (secondary N) is 1. The molecule has 0 aliphatic carbocycles. The molecule has 2 heterocycles. The van der Waals surface area contributed by atoms with Gasteiger partial charge in [-0.05, 0) is 53.4 Å². The number of benzene rings is 1. The zero-order valence-electron chi connectivity index (χ0n) is 11.7. The molecule has 2 aromatic rings. The van der Waals surface area contributed by atoms with Gasteiger partial charge in [0.1, 0.15) is 11.4 Å². The predicted molar refractivity (Wildman–Crippen MR) is 80.0 cm³/mol. The maximum absolute atomic E-state index is 14.0. The fourth-order valence-electron chi connectivity index (χ4n) is 3.10. The Morgan fingerprint density at radius 2 is 2.33 bits per heavy atom. The summed E-state index contributed by atoms with van der Waals surface area (Å²) in [6.07, 6.45) is 0.498. The van der Waals surface area contributed by atoms with Crippen LogP contribution in [0.4, 0.5) is 4.39 Å². The van der Waals surface area contributed by atoms with E-state index in [9.17, 15) is 9.18 Å². The van der Waals surface area contributed by atoms with Crippen molar-refractivity contribution in [2.45, 2.75) is 32.3 Å². The van der Waals surface area contributed by atoms with E-state index in [0.29, 0.717) is 17.5 Å². The minimum atomic E-state index is -0.925. The maximum Gasteiger partial charge on any atom is 0.306 e. The number of carboxylic acid groups (broad SMARTS) is 1. The molecule has 1 unspecified atom stereocenters. The third-order valence-electron chi connectivity index (χ3n) is 4.06. The number of halogens is 2. The van der Waals surface area contributed by atoms with Crippen LogP contribution >= 0.6 is 15.9 Å². The fourth-order valence-corrected chi connectivity index (χ4v) is 3.65. The van der Waals surface area contributed by atoms with Crippen LogP contribution in [0.15, 0.2) is 10.5 Å². The highest BCUT2D eigenvalue weighted by atomic mass is 79.9. The highest BCUT2D eigenvalue weighted by Gasteiger charge is 2.38. The number of aryl methyl sites for hydroxylation is 1. The summed E-state index contributed by atoms with van der Waals surface area (Å²) >= 11 is 3.31. The molecule has 1 aliphatic heterocycles. The van der Waals surface area contributed by atoms with Crippen LogP contribution in [0.5, 0.6) is 0 Å². The number of hydrogen-bond donors (Lipinski definition) is 2. The Bertz CT molecular complexity index is 755. The number of aromatic nitrogens is 1. The lowest BCUT2D eigenvalue weighted by atomic mass is 9.90.